The summed E-state index contributed by atoms with van der Waals surface area (Å²) in [4.78, 5) is 3.99. The smallest absolute Gasteiger partial charge is 0.143 e. The summed E-state index contributed by atoms with van der Waals surface area (Å²) in [6.45, 7) is 4.30. The van der Waals surface area contributed by atoms with Crippen molar-refractivity contribution in [3.8, 4) is 5.75 Å². The summed E-state index contributed by atoms with van der Waals surface area (Å²) in [6, 6.07) is 9.80. The minimum absolute atomic E-state index is 0.488. The van der Waals surface area contributed by atoms with Crippen LogP contribution in [0, 0.1) is 0 Å². The molecule has 0 aliphatic heterocycles. The maximum Gasteiger partial charge on any atom is 0.143 e. The lowest BCUT2D eigenvalue weighted by atomic mass is 9.97. The van der Waals surface area contributed by atoms with Gasteiger partial charge in [-0.2, -0.15) is 0 Å². The number of aromatic nitrogens is 1. The zero-order chi connectivity index (χ0) is 13.8. The van der Waals surface area contributed by atoms with Crippen LogP contribution in [-0.4, -0.2) is 17.2 Å². The van der Waals surface area contributed by atoms with Gasteiger partial charge in [0.1, 0.15) is 11.9 Å². The van der Waals surface area contributed by atoms with Gasteiger partial charge in [-0.3, -0.25) is 4.98 Å². The molecule has 1 unspecified atom stereocenters. The van der Waals surface area contributed by atoms with Crippen molar-refractivity contribution in [2.75, 3.05) is 7.11 Å². The zero-order valence-electron chi connectivity index (χ0n) is 11.5. The van der Waals surface area contributed by atoms with E-state index in [0.29, 0.717) is 11.7 Å². The molecule has 1 aromatic heterocycles. The summed E-state index contributed by atoms with van der Waals surface area (Å²) in [5, 5.41) is 10.4. The molecule has 1 atom stereocenters. The second-order valence-electron chi connectivity index (χ2n) is 4.84. The van der Waals surface area contributed by atoms with Gasteiger partial charge in [0.05, 0.1) is 13.3 Å². The van der Waals surface area contributed by atoms with E-state index in [9.17, 15) is 5.11 Å². The molecule has 0 aliphatic rings. The second-order valence-corrected chi connectivity index (χ2v) is 4.84. The van der Waals surface area contributed by atoms with Crippen molar-refractivity contribution in [1.29, 1.82) is 0 Å². The Morgan fingerprint density at radius 2 is 1.68 bits per heavy atom. The van der Waals surface area contributed by atoms with E-state index in [-0.39, 0.29) is 0 Å². The Hall–Kier alpha value is -1.87. The Morgan fingerprint density at radius 3 is 2.26 bits per heavy atom. The summed E-state index contributed by atoms with van der Waals surface area (Å²) < 4.78 is 5.23. The molecule has 2 rings (SSSR count). The molecular weight excluding hydrogens is 238 g/mol. The number of methoxy groups -OCH3 is 1. The molecule has 3 nitrogen and oxygen atoms in total. The first-order chi connectivity index (χ1) is 9.13. The summed E-state index contributed by atoms with van der Waals surface area (Å²) in [5.41, 5.74) is 2.85. The zero-order valence-corrected chi connectivity index (χ0v) is 11.5. The normalized spacial score (nSPS) is 12.5. The lowest BCUT2D eigenvalue weighted by Gasteiger charge is -2.15. The van der Waals surface area contributed by atoms with Gasteiger partial charge in [0.15, 0.2) is 0 Å². The van der Waals surface area contributed by atoms with Gasteiger partial charge in [0, 0.05) is 11.8 Å². The fraction of sp³-hybridized carbons (Fsp3) is 0.312. The number of aliphatic hydroxyl groups is 1. The molecule has 2 aromatic rings. The van der Waals surface area contributed by atoms with Gasteiger partial charge in [-0.05, 0) is 23.1 Å². The van der Waals surface area contributed by atoms with Crippen LogP contribution in [-0.2, 0) is 0 Å². The van der Waals surface area contributed by atoms with Crippen molar-refractivity contribution < 1.29 is 9.84 Å². The molecule has 0 amide bonds. The SMILES string of the molecule is COc1cnccc1C(O)c1ccc(C(C)C)cc1. The number of hydrogen-bond donors (Lipinski definition) is 1. The third kappa shape index (κ3) is 2.93. The first-order valence-corrected chi connectivity index (χ1v) is 6.39. The number of aliphatic hydroxyl groups excluding tert-OH is 1. The van der Waals surface area contributed by atoms with Gasteiger partial charge in [-0.15, -0.1) is 0 Å². The number of pyridine rings is 1. The van der Waals surface area contributed by atoms with Gasteiger partial charge in [0.25, 0.3) is 0 Å². The number of rotatable bonds is 4. The van der Waals surface area contributed by atoms with Gasteiger partial charge >= 0.3 is 0 Å². The summed E-state index contributed by atoms with van der Waals surface area (Å²) in [6.07, 6.45) is 2.57. The molecule has 1 aromatic carbocycles. The van der Waals surface area contributed by atoms with Crippen molar-refractivity contribution in [2.45, 2.75) is 25.9 Å². The predicted molar refractivity (Wildman–Crippen MR) is 75.4 cm³/mol. The van der Waals surface area contributed by atoms with Crippen LogP contribution >= 0.6 is 0 Å². The fourth-order valence-corrected chi connectivity index (χ4v) is 2.03. The molecule has 1 N–H and O–H groups in total. The molecule has 3 heteroatoms. The first kappa shape index (κ1) is 13.6. The van der Waals surface area contributed by atoms with Gasteiger partial charge in [-0.25, -0.2) is 0 Å². The van der Waals surface area contributed by atoms with Crippen LogP contribution in [0.4, 0.5) is 0 Å². The van der Waals surface area contributed by atoms with Crippen LogP contribution in [0.15, 0.2) is 42.7 Å². The summed E-state index contributed by atoms with van der Waals surface area (Å²) in [5.74, 6) is 1.09. The van der Waals surface area contributed by atoms with Crippen LogP contribution in [0.5, 0.6) is 5.75 Å². The van der Waals surface area contributed by atoms with Crippen molar-refractivity contribution in [3.63, 3.8) is 0 Å². The number of ether oxygens (including phenoxy) is 1. The van der Waals surface area contributed by atoms with E-state index in [4.69, 9.17) is 4.74 Å². The number of benzene rings is 1. The number of hydrogen-bond acceptors (Lipinski definition) is 3. The molecule has 0 spiro atoms. The third-order valence-electron chi connectivity index (χ3n) is 3.25. The Kier molecular flexibility index (Phi) is 4.17. The van der Waals surface area contributed by atoms with Crippen molar-refractivity contribution >= 4 is 0 Å². The van der Waals surface area contributed by atoms with Gasteiger partial charge < -0.3 is 9.84 Å². The Balaban J connectivity index is 2.30. The number of nitrogens with zero attached hydrogens (tertiary/aromatic N) is 1. The molecule has 1 heterocycles. The van der Waals surface area contributed by atoms with Crippen molar-refractivity contribution in [1.82, 2.24) is 4.98 Å². The van der Waals surface area contributed by atoms with E-state index in [1.54, 1.807) is 25.6 Å². The standard InChI is InChI=1S/C16H19NO2/c1-11(2)12-4-6-13(7-5-12)16(18)14-8-9-17-10-15(14)19-3/h4-11,16,18H,1-3H3. The summed E-state index contributed by atoms with van der Waals surface area (Å²) in [7, 11) is 1.58. The molecule has 0 saturated heterocycles. The molecular formula is C16H19NO2. The molecule has 0 aliphatic carbocycles. The van der Waals surface area contributed by atoms with Crippen LogP contribution < -0.4 is 4.74 Å². The van der Waals surface area contributed by atoms with Gasteiger partial charge in [0.2, 0.25) is 0 Å². The Morgan fingerprint density at radius 1 is 1.05 bits per heavy atom. The average molecular weight is 257 g/mol. The Bertz CT molecular complexity index is 535. The topological polar surface area (TPSA) is 42.4 Å². The average Bonchev–Trinajstić information content (AvgIpc) is 2.46. The maximum absolute atomic E-state index is 10.4. The van der Waals surface area contributed by atoms with E-state index < -0.39 is 6.10 Å². The first-order valence-electron chi connectivity index (χ1n) is 6.39. The molecule has 100 valence electrons. The van der Waals surface area contributed by atoms with E-state index in [0.717, 1.165) is 11.1 Å². The van der Waals surface area contributed by atoms with Crippen molar-refractivity contribution in [3.05, 3.63) is 59.4 Å². The lowest BCUT2D eigenvalue weighted by Crippen LogP contribution is -2.03. The molecule has 0 bridgehead atoms. The molecule has 0 fully saturated rings. The van der Waals surface area contributed by atoms with Crippen LogP contribution in [0.3, 0.4) is 0 Å². The lowest BCUT2D eigenvalue weighted by molar-refractivity contribution is 0.214. The monoisotopic (exact) mass is 257 g/mol. The van der Waals surface area contributed by atoms with E-state index >= 15 is 0 Å². The third-order valence-corrected chi connectivity index (χ3v) is 3.25. The summed E-state index contributed by atoms with van der Waals surface area (Å²) >= 11 is 0. The predicted octanol–water partition coefficient (Wildman–Crippen LogP) is 3.30. The molecule has 0 radical (unpaired) electrons. The largest absolute Gasteiger partial charge is 0.495 e. The highest BCUT2D eigenvalue weighted by atomic mass is 16.5. The minimum atomic E-state index is -0.695. The van der Waals surface area contributed by atoms with Crippen LogP contribution in [0.1, 0.15) is 42.6 Å². The fourth-order valence-electron chi connectivity index (χ4n) is 2.03. The quantitative estimate of drug-likeness (QED) is 0.913. The minimum Gasteiger partial charge on any atom is -0.495 e. The van der Waals surface area contributed by atoms with Crippen LogP contribution in [0.25, 0.3) is 0 Å². The highest BCUT2D eigenvalue weighted by molar-refractivity contribution is 5.39. The van der Waals surface area contributed by atoms with Crippen molar-refractivity contribution in [2.24, 2.45) is 0 Å². The Labute approximate surface area is 113 Å². The van der Waals surface area contributed by atoms with E-state index in [1.165, 1.54) is 5.56 Å². The maximum atomic E-state index is 10.4. The highest BCUT2D eigenvalue weighted by Gasteiger charge is 2.15. The van der Waals surface area contributed by atoms with Gasteiger partial charge in [-0.1, -0.05) is 38.1 Å². The second kappa shape index (κ2) is 5.85. The highest BCUT2D eigenvalue weighted by Crippen LogP contribution is 2.29. The molecule has 19 heavy (non-hydrogen) atoms. The van der Waals surface area contributed by atoms with E-state index in [2.05, 4.69) is 31.0 Å². The molecule has 0 saturated carbocycles. The van der Waals surface area contributed by atoms with E-state index in [1.807, 2.05) is 12.1 Å². The van der Waals surface area contributed by atoms with Crippen LogP contribution in [0.2, 0.25) is 0 Å².